The number of β-amino-alcohol motifs (C(OH)–C–C–N with tert-alkyl or cyclic N) is 1. The second-order valence-electron chi connectivity index (χ2n) is 19.9. The largest absolute Gasteiger partial charge is 0.484 e. The molecule has 7 rings (SSSR count). The normalized spacial score (nSPS) is 15.4. The number of unbranched alkanes of at least 4 members (excludes halogenated alkanes) is 2. The summed E-state index contributed by atoms with van der Waals surface area (Å²) >= 11 is 1.56. The van der Waals surface area contributed by atoms with Gasteiger partial charge in [0.1, 0.15) is 35.4 Å². The number of rotatable bonds is 23. The predicted molar refractivity (Wildman–Crippen MR) is 289 cm³/mol. The summed E-state index contributed by atoms with van der Waals surface area (Å²) in [5, 5.41) is 23.6. The van der Waals surface area contributed by atoms with Crippen LogP contribution >= 0.6 is 11.3 Å². The zero-order chi connectivity index (χ0) is 55.6. The molecule has 0 radical (unpaired) electrons. The third-order valence-corrected chi connectivity index (χ3v) is 15.3. The highest BCUT2D eigenvalue weighted by atomic mass is 32.2. The number of sulfonamides is 1. The summed E-state index contributed by atoms with van der Waals surface area (Å²) in [7, 11) is -3.72. The van der Waals surface area contributed by atoms with Crippen molar-refractivity contribution in [3.05, 3.63) is 136 Å². The van der Waals surface area contributed by atoms with E-state index >= 15 is 0 Å². The first-order chi connectivity index (χ1) is 36.6. The zero-order valence-electron chi connectivity index (χ0n) is 43.7. The van der Waals surface area contributed by atoms with Gasteiger partial charge in [0.15, 0.2) is 0 Å². The number of H-pyrrole nitrogens is 1. The average molecular weight is 1090 g/mol. The maximum Gasteiger partial charge on any atom is 0.339 e. The summed E-state index contributed by atoms with van der Waals surface area (Å²) in [6.07, 6.45) is 1.51. The molecule has 1 saturated heterocycles. The van der Waals surface area contributed by atoms with Crippen molar-refractivity contribution in [2.75, 3.05) is 23.6 Å². The van der Waals surface area contributed by atoms with Crippen LogP contribution in [0.25, 0.3) is 21.7 Å². The highest BCUT2D eigenvalue weighted by Crippen LogP contribution is 2.36. The lowest BCUT2D eigenvalue weighted by atomic mass is 9.85. The number of nitrogens with two attached hydrogens (primary N) is 1. The van der Waals surface area contributed by atoms with Crippen LogP contribution in [0.2, 0.25) is 0 Å². The molecule has 22 heteroatoms. The molecule has 4 amide bonds. The van der Waals surface area contributed by atoms with Crippen LogP contribution in [0.15, 0.2) is 90.6 Å². The molecule has 4 heterocycles. The Hall–Kier alpha value is -7.56. The molecule has 0 unspecified atom stereocenters. The maximum absolute atomic E-state index is 14.1. The number of carbonyl (C=O) groups excluding carboxylic acids is 5. The van der Waals surface area contributed by atoms with Crippen LogP contribution in [0.1, 0.15) is 122 Å². The second kappa shape index (κ2) is 25.1. The Morgan fingerprint density at radius 2 is 1.70 bits per heavy atom. The first-order valence-electron chi connectivity index (χ1n) is 25.2. The number of aromatic amines is 1. The maximum atomic E-state index is 14.1. The van der Waals surface area contributed by atoms with Gasteiger partial charge in [0.25, 0.3) is 5.91 Å². The lowest BCUT2D eigenvalue weighted by Gasteiger charge is -2.35. The average Bonchev–Trinajstić information content (AvgIpc) is 4.14. The van der Waals surface area contributed by atoms with Crippen LogP contribution < -0.4 is 25.8 Å². The van der Waals surface area contributed by atoms with Crippen molar-refractivity contribution in [3.63, 3.8) is 0 Å². The van der Waals surface area contributed by atoms with Crippen molar-refractivity contribution in [2.24, 2.45) is 11.1 Å². The van der Waals surface area contributed by atoms with Gasteiger partial charge in [-0.15, -0.1) is 11.3 Å². The van der Waals surface area contributed by atoms with E-state index in [0.717, 1.165) is 21.7 Å². The number of ether oxygens (including phenoxy) is 2. The minimum Gasteiger partial charge on any atom is -0.484 e. The molecule has 1 aliphatic rings. The lowest BCUT2D eigenvalue weighted by Crippen LogP contribution is -2.57. The Balaban J connectivity index is 0.878. The van der Waals surface area contributed by atoms with Crippen molar-refractivity contribution in [3.8, 4) is 27.4 Å². The van der Waals surface area contributed by atoms with Gasteiger partial charge in [-0.3, -0.25) is 34.0 Å². The Morgan fingerprint density at radius 1 is 0.974 bits per heavy atom. The van der Waals surface area contributed by atoms with E-state index in [9.17, 15) is 41.9 Å². The number of pyridine rings is 1. The molecule has 77 heavy (non-hydrogen) atoms. The fraction of sp³-hybridized carbons (Fsp3) is 0.382. The predicted octanol–water partition coefficient (Wildman–Crippen LogP) is 7.16. The first-order valence-corrected chi connectivity index (χ1v) is 27.7. The molecule has 3 aromatic carbocycles. The molecule has 1 aliphatic heterocycles. The number of benzene rings is 3. The number of halogens is 1. The number of hydrogen-bond donors (Lipinski definition) is 6. The Bertz CT molecular complexity index is 3180. The summed E-state index contributed by atoms with van der Waals surface area (Å²) in [5.41, 5.74) is 12.2. The van der Waals surface area contributed by atoms with Gasteiger partial charge in [0, 0.05) is 49.8 Å². The molecule has 3 aromatic heterocycles. The number of aryl methyl sites for hydroxylation is 1. The summed E-state index contributed by atoms with van der Waals surface area (Å²) in [5.74, 6) is -3.10. The number of aliphatic hydroxyl groups excluding tert-OH is 1. The van der Waals surface area contributed by atoms with E-state index in [-0.39, 0.29) is 78.9 Å². The Kier molecular flexibility index (Phi) is 18.6. The van der Waals surface area contributed by atoms with E-state index in [4.69, 9.17) is 15.2 Å². The number of likely N-dealkylation sites (tertiary alicyclic amines) is 1. The number of esters is 1. The molecule has 6 aromatic rings. The molecule has 408 valence electrons. The van der Waals surface area contributed by atoms with Gasteiger partial charge in [-0.2, -0.15) is 5.10 Å². The highest BCUT2D eigenvalue weighted by Gasteiger charge is 2.44. The number of primary amides is 1. The van der Waals surface area contributed by atoms with Crippen molar-refractivity contribution in [1.82, 2.24) is 35.7 Å². The van der Waals surface area contributed by atoms with Gasteiger partial charge in [0.05, 0.1) is 57.1 Å². The second-order valence-corrected chi connectivity index (χ2v) is 22.8. The molecule has 0 aliphatic carbocycles. The quantitative estimate of drug-likeness (QED) is 0.0275. The van der Waals surface area contributed by atoms with Gasteiger partial charge >= 0.3 is 5.97 Å². The molecule has 0 spiro atoms. The van der Waals surface area contributed by atoms with Crippen molar-refractivity contribution < 1.29 is 51.4 Å². The topological polar surface area (TPSA) is 278 Å². The molecular formula is C55H64FN9O10S2. The first kappa shape index (κ1) is 57.2. The standard InChI is InChI=1S/C55H64FN9O10S2/c1-7-77(72,73)64-42-23-19-37(25-45(42)75-33(3)35-16-20-39(56)21-17-35)48-47(51(57)68)43(62-63-48)26-40-22-18-38(29-58-40)54(71)74-24-10-8-9-11-46(67)61-50(55(4,5)6)53(70)65-30-41(66)27-44(65)52(69)59-28-34-12-14-36(15-13-34)49-32(2)60-31-76-49/h12-23,25,29,31,33,41,44,50,64,66H,7-11,24,26-28,30H2,1-6H3,(H2,57,68)(H,59,69)(H,61,67)(H,62,63)/t33-,41+,44-,50+/m0/s1. The number of carbonyl (C=O) groups is 5. The fourth-order valence-electron chi connectivity index (χ4n) is 8.72. The summed E-state index contributed by atoms with van der Waals surface area (Å²) in [6.45, 7) is 10.9. The monoisotopic (exact) mass is 1090 g/mol. The van der Waals surface area contributed by atoms with E-state index in [2.05, 4.69) is 35.5 Å². The lowest BCUT2D eigenvalue weighted by molar-refractivity contribution is -0.144. The van der Waals surface area contributed by atoms with Gasteiger partial charge in [0.2, 0.25) is 27.7 Å². The number of aliphatic hydroxyl groups is 1. The van der Waals surface area contributed by atoms with Crippen LogP contribution in [0.3, 0.4) is 0 Å². The van der Waals surface area contributed by atoms with E-state index in [0.29, 0.717) is 41.8 Å². The summed E-state index contributed by atoms with van der Waals surface area (Å²) in [4.78, 5) is 77.8. The molecular weight excluding hydrogens is 1030 g/mol. The molecule has 7 N–H and O–H groups in total. The SMILES string of the molecule is CCS(=O)(=O)Nc1ccc(-c2n[nH]c(Cc3ccc(C(=O)OCCCCCC(=O)N[C@H](C(=O)N4C[C@H](O)C[C@H]4C(=O)NCc4ccc(-c5scnc5C)cc4)C(C)(C)C)cn3)c2C(N)=O)cc1O[C@@H](C)c1ccc(F)cc1. The molecule has 0 saturated carbocycles. The number of anilines is 1. The van der Waals surface area contributed by atoms with Crippen LogP contribution in [0.4, 0.5) is 10.1 Å². The minimum atomic E-state index is -3.72. The number of thiazole rings is 1. The highest BCUT2D eigenvalue weighted by molar-refractivity contribution is 7.92. The van der Waals surface area contributed by atoms with Crippen molar-refractivity contribution >= 4 is 56.6 Å². The van der Waals surface area contributed by atoms with E-state index in [1.165, 1.54) is 48.4 Å². The molecule has 0 bridgehead atoms. The van der Waals surface area contributed by atoms with Crippen molar-refractivity contribution in [2.45, 2.75) is 111 Å². The Labute approximate surface area is 450 Å². The van der Waals surface area contributed by atoms with E-state index < -0.39 is 69.2 Å². The van der Waals surface area contributed by atoms with Gasteiger partial charge < -0.3 is 35.8 Å². The number of amides is 4. The summed E-state index contributed by atoms with van der Waals surface area (Å²) in [6, 6.07) is 19.3. The van der Waals surface area contributed by atoms with Crippen LogP contribution in [-0.4, -0.2) is 105 Å². The third-order valence-electron chi connectivity index (χ3n) is 13.0. The van der Waals surface area contributed by atoms with E-state index in [1.807, 2.05) is 52.0 Å². The minimum absolute atomic E-state index is 0.0412. The van der Waals surface area contributed by atoms with Crippen molar-refractivity contribution in [1.29, 1.82) is 0 Å². The number of hydrogen-bond acceptors (Lipinski definition) is 14. The number of aromatic nitrogens is 4. The number of nitrogens with one attached hydrogen (secondary N) is 4. The van der Waals surface area contributed by atoms with Gasteiger partial charge in [-0.25, -0.2) is 22.6 Å². The summed E-state index contributed by atoms with van der Waals surface area (Å²) < 4.78 is 52.9. The number of nitrogens with zero attached hydrogens (tertiary/aromatic N) is 4. The van der Waals surface area contributed by atoms with E-state index in [1.54, 1.807) is 48.0 Å². The molecule has 1 fully saturated rings. The van der Waals surface area contributed by atoms with Crippen LogP contribution in [0, 0.1) is 18.2 Å². The molecule has 19 nitrogen and oxygen atoms in total. The third kappa shape index (κ3) is 14.9. The van der Waals surface area contributed by atoms with Gasteiger partial charge in [-0.05, 0) is 98.5 Å². The molecule has 4 atom stereocenters. The van der Waals surface area contributed by atoms with Gasteiger partial charge in [-0.1, -0.05) is 63.2 Å². The fourth-order valence-corrected chi connectivity index (χ4v) is 10.2. The smallest absolute Gasteiger partial charge is 0.339 e. The van der Waals surface area contributed by atoms with Crippen LogP contribution in [-0.2, 0) is 42.1 Å². The van der Waals surface area contributed by atoms with Crippen LogP contribution in [0.5, 0.6) is 5.75 Å². The Morgan fingerprint density at radius 3 is 2.35 bits per heavy atom. The zero-order valence-corrected chi connectivity index (χ0v) is 45.4.